The number of hydrogen-bond acceptors (Lipinski definition) is 6. The summed E-state index contributed by atoms with van der Waals surface area (Å²) in [7, 11) is 0. The number of benzene rings is 1. The zero-order valence-corrected chi connectivity index (χ0v) is 16.9. The molecular weight excluding hydrogens is 384 g/mol. The van der Waals surface area contributed by atoms with Crippen LogP contribution >= 0.6 is 22.9 Å². The molecule has 2 aromatic heterocycles. The smallest absolute Gasteiger partial charge is 0.412 e. The van der Waals surface area contributed by atoms with Crippen molar-refractivity contribution in [2.24, 2.45) is 0 Å². The predicted octanol–water partition coefficient (Wildman–Crippen LogP) is 5.35. The molecule has 3 aromatic rings. The molecule has 0 atom stereocenters. The topological polar surface area (TPSA) is 76.1 Å². The molecule has 2 N–H and O–H groups in total. The fourth-order valence-corrected chi connectivity index (χ4v) is 3.61. The van der Waals surface area contributed by atoms with Crippen LogP contribution in [-0.4, -0.2) is 28.2 Å². The van der Waals surface area contributed by atoms with Crippen molar-refractivity contribution in [1.82, 2.24) is 9.97 Å². The van der Waals surface area contributed by atoms with E-state index in [2.05, 4.69) is 20.6 Å². The maximum absolute atomic E-state index is 11.8. The van der Waals surface area contributed by atoms with Crippen LogP contribution in [0.4, 0.5) is 16.3 Å². The van der Waals surface area contributed by atoms with E-state index < -0.39 is 11.7 Å². The molecule has 0 bridgehead atoms. The molecule has 6 nitrogen and oxygen atoms in total. The number of thiophene rings is 1. The maximum atomic E-state index is 11.8. The number of carbonyl (C=O) groups is 1. The van der Waals surface area contributed by atoms with Crippen molar-refractivity contribution >= 4 is 50.8 Å². The van der Waals surface area contributed by atoms with Crippen LogP contribution < -0.4 is 10.6 Å². The fourth-order valence-electron chi connectivity index (χ4n) is 2.48. The third-order valence-electron chi connectivity index (χ3n) is 3.63. The third-order valence-corrected chi connectivity index (χ3v) is 4.94. The number of ether oxygens (including phenoxy) is 1. The number of hydrogen-bond donors (Lipinski definition) is 2. The highest BCUT2D eigenvalue weighted by Crippen LogP contribution is 2.32. The summed E-state index contributed by atoms with van der Waals surface area (Å²) in [6.45, 7) is 6.20. The minimum atomic E-state index is -0.520. The van der Waals surface area contributed by atoms with Gasteiger partial charge in [-0.15, -0.1) is 11.3 Å². The van der Waals surface area contributed by atoms with Gasteiger partial charge < -0.3 is 10.1 Å². The number of amides is 1. The highest BCUT2D eigenvalue weighted by Gasteiger charge is 2.16. The highest BCUT2D eigenvalue weighted by molar-refractivity contribution is 7.17. The molecule has 1 aromatic carbocycles. The summed E-state index contributed by atoms with van der Waals surface area (Å²) in [5.41, 5.74) is 1.32. The van der Waals surface area contributed by atoms with Gasteiger partial charge in [-0.05, 0) is 44.9 Å². The van der Waals surface area contributed by atoms with Crippen molar-refractivity contribution in [2.45, 2.75) is 32.8 Å². The number of rotatable bonds is 5. The van der Waals surface area contributed by atoms with E-state index in [9.17, 15) is 4.79 Å². The van der Waals surface area contributed by atoms with Crippen LogP contribution in [0.1, 0.15) is 26.3 Å². The van der Waals surface area contributed by atoms with Crippen molar-refractivity contribution in [2.75, 3.05) is 17.2 Å². The Morgan fingerprint density at radius 1 is 1.22 bits per heavy atom. The lowest BCUT2D eigenvalue weighted by Crippen LogP contribution is -2.27. The van der Waals surface area contributed by atoms with Gasteiger partial charge >= 0.3 is 6.09 Å². The molecule has 0 spiro atoms. The van der Waals surface area contributed by atoms with Gasteiger partial charge in [0.2, 0.25) is 0 Å². The molecule has 2 heterocycles. The summed E-state index contributed by atoms with van der Waals surface area (Å²) >= 11 is 7.72. The molecule has 0 fully saturated rings. The van der Waals surface area contributed by atoms with Gasteiger partial charge in [0, 0.05) is 17.6 Å². The highest BCUT2D eigenvalue weighted by atomic mass is 35.5. The molecule has 0 aliphatic rings. The molecule has 8 heteroatoms. The van der Waals surface area contributed by atoms with Gasteiger partial charge in [-0.1, -0.05) is 23.7 Å². The van der Waals surface area contributed by atoms with Gasteiger partial charge in [0.1, 0.15) is 22.6 Å². The van der Waals surface area contributed by atoms with Gasteiger partial charge in [0.05, 0.1) is 10.4 Å². The summed E-state index contributed by atoms with van der Waals surface area (Å²) in [5.74, 6) is 0.745. The molecule has 3 rings (SSSR count). The molecule has 0 aliphatic heterocycles. The summed E-state index contributed by atoms with van der Waals surface area (Å²) in [6.07, 6.45) is 1.88. The van der Waals surface area contributed by atoms with Crippen LogP contribution in [-0.2, 0) is 11.2 Å². The minimum Gasteiger partial charge on any atom is -0.444 e. The Kier molecular flexibility index (Phi) is 5.82. The summed E-state index contributed by atoms with van der Waals surface area (Å²) in [5, 5.41) is 9.43. The van der Waals surface area contributed by atoms with Crippen LogP contribution in [0, 0.1) is 0 Å². The second kappa shape index (κ2) is 8.10. The zero-order valence-electron chi connectivity index (χ0n) is 15.4. The average molecular weight is 405 g/mol. The van der Waals surface area contributed by atoms with Crippen molar-refractivity contribution in [1.29, 1.82) is 0 Å². The van der Waals surface area contributed by atoms with Crippen LogP contribution in [0.5, 0.6) is 0 Å². The van der Waals surface area contributed by atoms with E-state index in [1.165, 1.54) is 17.7 Å². The van der Waals surface area contributed by atoms with Crippen molar-refractivity contribution in [3.8, 4) is 0 Å². The van der Waals surface area contributed by atoms with E-state index >= 15 is 0 Å². The summed E-state index contributed by atoms with van der Waals surface area (Å²) < 4.78 is 5.24. The average Bonchev–Trinajstić information content (AvgIpc) is 2.97. The molecule has 0 aliphatic carbocycles. The summed E-state index contributed by atoms with van der Waals surface area (Å²) in [4.78, 5) is 21.2. The van der Waals surface area contributed by atoms with Gasteiger partial charge in [-0.3, -0.25) is 5.32 Å². The molecule has 0 saturated heterocycles. The number of nitrogens with zero attached hydrogens (tertiary/aromatic N) is 2. The minimum absolute atomic E-state index is 0.461. The van der Waals surface area contributed by atoms with Gasteiger partial charge in [0.25, 0.3) is 0 Å². The molecule has 1 amide bonds. The lowest BCUT2D eigenvalue weighted by molar-refractivity contribution is 0.0636. The quantitative estimate of drug-likeness (QED) is 0.599. The van der Waals surface area contributed by atoms with Crippen LogP contribution in [0.15, 0.2) is 36.0 Å². The van der Waals surface area contributed by atoms with E-state index in [1.54, 1.807) is 0 Å². The first kappa shape index (κ1) is 19.4. The Morgan fingerprint density at radius 2 is 1.96 bits per heavy atom. The SMILES string of the molecule is CC(C)(C)OC(=O)Nc1ccc(CCNc2ncnc3scc(Cl)c23)cc1. The second-order valence-corrected chi connectivity index (χ2v) is 8.25. The first-order chi connectivity index (χ1) is 12.8. The Balaban J connectivity index is 1.54. The van der Waals surface area contributed by atoms with E-state index in [4.69, 9.17) is 16.3 Å². The lowest BCUT2D eigenvalue weighted by Gasteiger charge is -2.19. The molecular formula is C19H21ClN4O2S. The van der Waals surface area contributed by atoms with Crippen molar-refractivity contribution in [3.05, 3.63) is 46.6 Å². The number of carbonyl (C=O) groups excluding carboxylic acids is 1. The Morgan fingerprint density at radius 3 is 2.67 bits per heavy atom. The number of nitrogens with one attached hydrogen (secondary N) is 2. The predicted molar refractivity (Wildman–Crippen MR) is 111 cm³/mol. The van der Waals surface area contributed by atoms with Crippen molar-refractivity contribution in [3.63, 3.8) is 0 Å². The van der Waals surface area contributed by atoms with E-state index in [-0.39, 0.29) is 0 Å². The zero-order chi connectivity index (χ0) is 19.4. The molecule has 0 unspecified atom stereocenters. The van der Waals surface area contributed by atoms with Crippen LogP contribution in [0.25, 0.3) is 10.2 Å². The molecule has 0 saturated carbocycles. The van der Waals surface area contributed by atoms with Gasteiger partial charge in [-0.2, -0.15) is 0 Å². The Labute approximate surface area is 166 Å². The molecule has 27 heavy (non-hydrogen) atoms. The number of fused-ring (bicyclic) bond motifs is 1. The Hall–Kier alpha value is -2.38. The maximum Gasteiger partial charge on any atom is 0.412 e. The number of halogens is 1. The van der Waals surface area contributed by atoms with E-state index in [0.717, 1.165) is 28.0 Å². The number of aromatic nitrogens is 2. The van der Waals surface area contributed by atoms with Gasteiger partial charge in [-0.25, -0.2) is 14.8 Å². The van der Waals surface area contributed by atoms with Crippen LogP contribution in [0.3, 0.4) is 0 Å². The first-order valence-corrected chi connectivity index (χ1v) is 9.78. The molecule has 142 valence electrons. The second-order valence-electron chi connectivity index (χ2n) is 6.99. The Bertz CT molecular complexity index is 935. The first-order valence-electron chi connectivity index (χ1n) is 8.52. The monoisotopic (exact) mass is 404 g/mol. The largest absolute Gasteiger partial charge is 0.444 e. The third kappa shape index (κ3) is 5.30. The van der Waals surface area contributed by atoms with Gasteiger partial charge in [0.15, 0.2) is 0 Å². The standard InChI is InChI=1S/C19H21ClN4O2S/c1-19(2,3)26-18(25)24-13-6-4-12(5-7-13)8-9-21-16-15-14(20)10-27-17(15)23-11-22-16/h4-7,10-11H,8-9H2,1-3H3,(H,24,25)(H,21,22,23). The normalized spacial score (nSPS) is 11.4. The van der Waals surface area contributed by atoms with Crippen molar-refractivity contribution < 1.29 is 9.53 Å². The molecule has 0 radical (unpaired) electrons. The van der Waals surface area contributed by atoms with E-state index in [0.29, 0.717) is 17.3 Å². The van der Waals surface area contributed by atoms with E-state index in [1.807, 2.05) is 50.4 Å². The number of anilines is 2. The van der Waals surface area contributed by atoms with Crippen LogP contribution in [0.2, 0.25) is 5.02 Å². The fraction of sp³-hybridized carbons (Fsp3) is 0.316. The summed E-state index contributed by atoms with van der Waals surface area (Å²) in [6, 6.07) is 7.67. The lowest BCUT2D eigenvalue weighted by atomic mass is 10.1.